The number of rotatable bonds is 5. The number of urea groups is 1. The first-order valence-corrected chi connectivity index (χ1v) is 9.12. The van der Waals surface area contributed by atoms with Gasteiger partial charge >= 0.3 is 6.03 Å². The molecule has 4 unspecified atom stereocenters. The van der Waals surface area contributed by atoms with Gasteiger partial charge in [0.15, 0.2) is 5.96 Å². The molecule has 1 aromatic carbocycles. The fourth-order valence-corrected chi connectivity index (χ4v) is 3.83. The number of benzene rings is 1. The third kappa shape index (κ3) is 3.36. The van der Waals surface area contributed by atoms with Crippen LogP contribution in [0.2, 0.25) is 0 Å². The van der Waals surface area contributed by atoms with Gasteiger partial charge in [0.25, 0.3) is 0 Å². The first kappa shape index (κ1) is 18.2. The van der Waals surface area contributed by atoms with Gasteiger partial charge < -0.3 is 15.8 Å². The van der Waals surface area contributed by atoms with Gasteiger partial charge in [-0.3, -0.25) is 19.8 Å². The van der Waals surface area contributed by atoms with Crippen LogP contribution in [0.4, 0.5) is 4.79 Å². The molecule has 4 N–H and O–H groups in total. The van der Waals surface area contributed by atoms with Crippen molar-refractivity contribution in [2.45, 2.75) is 18.8 Å². The van der Waals surface area contributed by atoms with Crippen molar-refractivity contribution in [2.75, 3.05) is 13.1 Å². The standard InChI is InChI=1S/C19H21N5O4/c20-18(22-10-11-4-2-1-3-5-11)23-19(27)21-8-9-24-16(25)14-12-6-7-13(28-12)15(14)17(24)26/h1-7,12-15H,8-10H2,(H4,20,21,22,23,27). The molecule has 1 aromatic rings. The predicted molar refractivity (Wildman–Crippen MR) is 99.8 cm³/mol. The predicted octanol–water partition coefficient (Wildman–Crippen LogP) is -0.261. The van der Waals surface area contributed by atoms with Crippen molar-refractivity contribution in [2.24, 2.45) is 22.6 Å². The summed E-state index contributed by atoms with van der Waals surface area (Å²) in [7, 11) is 0. The second-order valence-corrected chi connectivity index (χ2v) is 6.90. The summed E-state index contributed by atoms with van der Waals surface area (Å²) in [4.78, 5) is 42.2. The van der Waals surface area contributed by atoms with Crippen molar-refractivity contribution in [1.29, 1.82) is 0 Å². The van der Waals surface area contributed by atoms with E-state index in [9.17, 15) is 14.4 Å². The fourth-order valence-electron chi connectivity index (χ4n) is 3.83. The van der Waals surface area contributed by atoms with Crippen LogP contribution in [0.15, 0.2) is 47.5 Å². The average Bonchev–Trinajstić information content (AvgIpc) is 3.37. The summed E-state index contributed by atoms with van der Waals surface area (Å²) in [6, 6.07) is 8.96. The number of aliphatic imine (C=N–C) groups is 1. The van der Waals surface area contributed by atoms with Crippen LogP contribution in [-0.2, 0) is 20.9 Å². The third-order valence-electron chi connectivity index (χ3n) is 5.14. The second-order valence-electron chi connectivity index (χ2n) is 6.90. The molecule has 3 heterocycles. The highest BCUT2D eigenvalue weighted by molar-refractivity contribution is 6.06. The molecule has 9 nitrogen and oxygen atoms in total. The SMILES string of the molecule is NC(=NCc1ccccc1)NC(=O)NCCN1C(=O)C2C3C=CC(O3)C2C1=O. The van der Waals surface area contributed by atoms with Gasteiger partial charge in [-0.2, -0.15) is 0 Å². The monoisotopic (exact) mass is 383 g/mol. The lowest BCUT2D eigenvalue weighted by molar-refractivity contribution is -0.142. The van der Waals surface area contributed by atoms with Crippen LogP contribution in [0.1, 0.15) is 5.56 Å². The number of amides is 4. The zero-order valence-corrected chi connectivity index (χ0v) is 15.1. The minimum absolute atomic E-state index is 0.0102. The maximum atomic E-state index is 12.5. The van der Waals surface area contributed by atoms with E-state index in [4.69, 9.17) is 10.5 Å². The Hall–Kier alpha value is -3.20. The lowest BCUT2D eigenvalue weighted by Gasteiger charge is -2.17. The summed E-state index contributed by atoms with van der Waals surface area (Å²) in [5.41, 5.74) is 6.67. The van der Waals surface area contributed by atoms with Crippen molar-refractivity contribution in [3.63, 3.8) is 0 Å². The molecule has 4 rings (SSSR count). The highest BCUT2D eigenvalue weighted by Crippen LogP contribution is 2.44. The van der Waals surface area contributed by atoms with Crippen LogP contribution in [0.3, 0.4) is 0 Å². The summed E-state index contributed by atoms with van der Waals surface area (Å²) in [5, 5.41) is 5.00. The van der Waals surface area contributed by atoms with Gasteiger partial charge in [0.1, 0.15) is 0 Å². The van der Waals surface area contributed by atoms with Gasteiger partial charge in [-0.05, 0) is 5.56 Å². The van der Waals surface area contributed by atoms with E-state index in [2.05, 4.69) is 15.6 Å². The first-order chi connectivity index (χ1) is 13.5. The molecule has 4 atom stereocenters. The molecule has 0 spiro atoms. The molecular formula is C19H21N5O4. The molecule has 146 valence electrons. The van der Waals surface area contributed by atoms with E-state index >= 15 is 0 Å². The Morgan fingerprint density at radius 2 is 1.75 bits per heavy atom. The van der Waals surface area contributed by atoms with E-state index in [1.807, 2.05) is 42.5 Å². The summed E-state index contributed by atoms with van der Waals surface area (Å²) < 4.78 is 5.58. The molecule has 3 aliphatic heterocycles. The van der Waals surface area contributed by atoms with Crippen LogP contribution >= 0.6 is 0 Å². The summed E-state index contributed by atoms with van der Waals surface area (Å²) in [5.74, 6) is -1.35. The lowest BCUT2D eigenvalue weighted by atomic mass is 9.85. The minimum atomic E-state index is -0.543. The quantitative estimate of drug-likeness (QED) is 0.279. The number of nitrogens with zero attached hydrogens (tertiary/aromatic N) is 2. The summed E-state index contributed by atoms with van der Waals surface area (Å²) in [6.45, 7) is 0.585. The Balaban J connectivity index is 1.23. The molecule has 2 saturated heterocycles. The van der Waals surface area contributed by atoms with E-state index in [0.717, 1.165) is 5.56 Å². The smallest absolute Gasteiger partial charge is 0.321 e. The molecule has 3 aliphatic rings. The van der Waals surface area contributed by atoms with Crippen molar-refractivity contribution in [3.8, 4) is 0 Å². The molecule has 0 saturated carbocycles. The van der Waals surface area contributed by atoms with Gasteiger partial charge in [0, 0.05) is 13.1 Å². The van der Waals surface area contributed by atoms with E-state index in [1.165, 1.54) is 4.90 Å². The maximum Gasteiger partial charge on any atom is 0.321 e. The van der Waals surface area contributed by atoms with E-state index < -0.39 is 17.9 Å². The number of ether oxygens (including phenoxy) is 1. The highest BCUT2D eigenvalue weighted by atomic mass is 16.5. The van der Waals surface area contributed by atoms with Crippen LogP contribution in [-0.4, -0.2) is 54.0 Å². The van der Waals surface area contributed by atoms with Crippen LogP contribution in [0.25, 0.3) is 0 Å². The largest absolute Gasteiger partial charge is 0.370 e. The normalized spacial score (nSPS) is 28.0. The van der Waals surface area contributed by atoms with E-state index in [1.54, 1.807) is 0 Å². The number of hydrogen-bond donors (Lipinski definition) is 3. The van der Waals surface area contributed by atoms with Gasteiger partial charge in [0.2, 0.25) is 11.8 Å². The molecule has 9 heteroatoms. The Labute approximate surface area is 161 Å². The number of nitrogens with one attached hydrogen (secondary N) is 2. The Morgan fingerprint density at radius 3 is 2.39 bits per heavy atom. The number of nitrogens with two attached hydrogens (primary N) is 1. The van der Waals surface area contributed by atoms with Crippen molar-refractivity contribution < 1.29 is 19.1 Å². The van der Waals surface area contributed by atoms with Gasteiger partial charge in [-0.25, -0.2) is 9.79 Å². The molecule has 28 heavy (non-hydrogen) atoms. The number of carbonyl (C=O) groups is 3. The van der Waals surface area contributed by atoms with Crippen molar-refractivity contribution in [1.82, 2.24) is 15.5 Å². The van der Waals surface area contributed by atoms with Crippen molar-refractivity contribution in [3.05, 3.63) is 48.0 Å². The molecule has 4 amide bonds. The number of hydrogen-bond acceptors (Lipinski definition) is 5. The zero-order chi connectivity index (χ0) is 19.7. The lowest BCUT2D eigenvalue weighted by Crippen LogP contribution is -2.46. The second kappa shape index (κ2) is 7.43. The molecule has 2 bridgehead atoms. The highest BCUT2D eigenvalue weighted by Gasteiger charge is 2.60. The van der Waals surface area contributed by atoms with Crippen LogP contribution < -0.4 is 16.4 Å². The number of carbonyl (C=O) groups excluding carboxylic acids is 3. The van der Waals surface area contributed by atoms with Gasteiger partial charge in [0.05, 0.1) is 30.6 Å². The van der Waals surface area contributed by atoms with Crippen molar-refractivity contribution >= 4 is 23.8 Å². The van der Waals surface area contributed by atoms with Gasteiger partial charge in [-0.1, -0.05) is 42.5 Å². The number of fused-ring (bicyclic) bond motifs is 5. The third-order valence-corrected chi connectivity index (χ3v) is 5.14. The molecule has 0 aromatic heterocycles. The summed E-state index contributed by atoms with van der Waals surface area (Å²) >= 11 is 0. The average molecular weight is 383 g/mol. The van der Waals surface area contributed by atoms with E-state index in [0.29, 0.717) is 6.54 Å². The Bertz CT molecular complexity index is 823. The number of guanidine groups is 1. The fraction of sp³-hybridized carbons (Fsp3) is 0.368. The first-order valence-electron chi connectivity index (χ1n) is 9.12. The summed E-state index contributed by atoms with van der Waals surface area (Å²) in [6.07, 6.45) is 3.05. The molecule has 0 aliphatic carbocycles. The number of imide groups is 1. The zero-order valence-electron chi connectivity index (χ0n) is 15.1. The minimum Gasteiger partial charge on any atom is -0.370 e. The van der Waals surface area contributed by atoms with E-state index in [-0.39, 0.29) is 43.1 Å². The number of likely N-dealkylation sites (tertiary alicyclic amines) is 1. The molecule has 2 fully saturated rings. The Morgan fingerprint density at radius 1 is 1.11 bits per heavy atom. The van der Waals surface area contributed by atoms with Crippen LogP contribution in [0, 0.1) is 11.8 Å². The maximum absolute atomic E-state index is 12.5. The molecular weight excluding hydrogens is 362 g/mol. The van der Waals surface area contributed by atoms with Crippen LogP contribution in [0.5, 0.6) is 0 Å². The topological polar surface area (TPSA) is 126 Å². The van der Waals surface area contributed by atoms with Gasteiger partial charge in [-0.15, -0.1) is 0 Å². The Kier molecular flexibility index (Phi) is 4.82. The molecule has 0 radical (unpaired) electrons.